The van der Waals surface area contributed by atoms with Gasteiger partial charge in [-0.15, -0.1) is 0 Å². The molecule has 5 fully saturated rings. The number of hydrogen-bond donors (Lipinski definition) is 1. The topological polar surface area (TPSA) is 37.3 Å². The lowest BCUT2D eigenvalue weighted by Crippen LogP contribution is -2.57. The summed E-state index contributed by atoms with van der Waals surface area (Å²) in [6.45, 7) is 18.2. The normalized spacial score (nSPS) is 50.5. The van der Waals surface area contributed by atoms with Gasteiger partial charge in [0.1, 0.15) is 5.78 Å². The van der Waals surface area contributed by atoms with Crippen molar-refractivity contribution < 1.29 is 9.90 Å². The minimum absolute atomic E-state index is 0.106. The van der Waals surface area contributed by atoms with Crippen LogP contribution in [0.2, 0.25) is 0 Å². The first-order valence-corrected chi connectivity index (χ1v) is 13.7. The highest BCUT2D eigenvalue weighted by Crippen LogP contribution is 2.88. The first-order chi connectivity index (χ1) is 14.9. The summed E-state index contributed by atoms with van der Waals surface area (Å²) in [7, 11) is 0. The first-order valence-electron chi connectivity index (χ1n) is 13.7. The monoisotopic (exact) mass is 440 g/mol. The van der Waals surface area contributed by atoms with Gasteiger partial charge >= 0.3 is 0 Å². The number of carbonyl (C=O) groups excluding carboxylic acids is 1. The van der Waals surface area contributed by atoms with E-state index in [1.54, 1.807) is 0 Å². The fraction of sp³-hybridized carbons (Fsp3) is 0.900. The van der Waals surface area contributed by atoms with Crippen LogP contribution in [0.15, 0.2) is 12.2 Å². The lowest BCUT2D eigenvalue weighted by atomic mass is 9.42. The second-order valence-electron chi connectivity index (χ2n) is 14.2. The van der Waals surface area contributed by atoms with Gasteiger partial charge in [-0.25, -0.2) is 0 Å². The van der Waals surface area contributed by atoms with E-state index in [2.05, 4.69) is 41.2 Å². The minimum atomic E-state index is -0.341. The van der Waals surface area contributed by atoms with Gasteiger partial charge in [0.2, 0.25) is 0 Å². The molecule has 5 rings (SSSR count). The van der Waals surface area contributed by atoms with Crippen LogP contribution < -0.4 is 0 Å². The summed E-state index contributed by atoms with van der Waals surface area (Å²) in [4.78, 5) is 12.8. The van der Waals surface area contributed by atoms with Gasteiger partial charge in [-0.2, -0.15) is 0 Å². The number of rotatable bonds is 5. The van der Waals surface area contributed by atoms with Crippen molar-refractivity contribution in [1.29, 1.82) is 0 Å². The van der Waals surface area contributed by atoms with Crippen molar-refractivity contribution in [2.45, 2.75) is 118 Å². The molecule has 180 valence electrons. The Bertz CT molecular complexity index is 827. The number of carbonyl (C=O) groups is 1. The Balaban J connectivity index is 1.39. The highest BCUT2D eigenvalue weighted by Gasteiger charge is 2.82. The maximum Gasteiger partial charge on any atom is 0.138 e. The molecule has 0 aliphatic heterocycles. The quantitative estimate of drug-likeness (QED) is 0.454. The zero-order valence-electron chi connectivity index (χ0n) is 21.7. The molecule has 5 saturated carbocycles. The van der Waals surface area contributed by atoms with Crippen LogP contribution in [0.1, 0.15) is 112 Å². The average molecular weight is 441 g/mol. The fourth-order valence-corrected chi connectivity index (χ4v) is 11.0. The van der Waals surface area contributed by atoms with Crippen molar-refractivity contribution in [3.05, 3.63) is 12.2 Å². The van der Waals surface area contributed by atoms with E-state index in [0.717, 1.165) is 36.7 Å². The van der Waals surface area contributed by atoms with Crippen LogP contribution in [0, 0.1) is 50.7 Å². The summed E-state index contributed by atoms with van der Waals surface area (Å²) in [6.07, 6.45) is 13.2. The van der Waals surface area contributed by atoms with Crippen molar-refractivity contribution in [2.75, 3.05) is 0 Å². The predicted molar refractivity (Wildman–Crippen MR) is 131 cm³/mol. The van der Waals surface area contributed by atoms with E-state index < -0.39 is 0 Å². The molecule has 0 bridgehead atoms. The van der Waals surface area contributed by atoms with Crippen molar-refractivity contribution >= 4 is 5.78 Å². The minimum Gasteiger partial charge on any atom is -0.389 e. The lowest BCUT2D eigenvalue weighted by molar-refractivity contribution is -0.157. The molecule has 0 aromatic carbocycles. The Morgan fingerprint density at radius 3 is 2.31 bits per heavy atom. The van der Waals surface area contributed by atoms with Crippen molar-refractivity contribution in [1.82, 2.24) is 0 Å². The molecule has 0 aromatic rings. The van der Waals surface area contributed by atoms with Crippen LogP contribution in [0.5, 0.6) is 0 Å². The van der Waals surface area contributed by atoms with Gasteiger partial charge in [-0.3, -0.25) is 4.79 Å². The molecule has 5 aliphatic carbocycles. The maximum absolute atomic E-state index is 12.8. The zero-order chi connectivity index (χ0) is 23.3. The summed E-state index contributed by atoms with van der Waals surface area (Å²) in [5, 5.41) is 10.3. The van der Waals surface area contributed by atoms with Gasteiger partial charge in [0.25, 0.3) is 0 Å². The molecule has 2 heteroatoms. The molecule has 0 heterocycles. The average Bonchev–Trinajstić information content (AvgIpc) is 3.31. The third-order valence-electron chi connectivity index (χ3n) is 13.1. The van der Waals surface area contributed by atoms with Crippen LogP contribution in [0.3, 0.4) is 0 Å². The van der Waals surface area contributed by atoms with Crippen molar-refractivity contribution in [3.8, 4) is 0 Å². The van der Waals surface area contributed by atoms with E-state index in [1.165, 1.54) is 51.4 Å². The van der Waals surface area contributed by atoms with Crippen LogP contribution in [-0.2, 0) is 4.79 Å². The molecular weight excluding hydrogens is 392 g/mol. The third kappa shape index (κ3) is 2.65. The second kappa shape index (κ2) is 6.96. The van der Waals surface area contributed by atoms with Crippen LogP contribution in [-0.4, -0.2) is 17.0 Å². The molecule has 0 aromatic heterocycles. The molecular formula is C30H48O2. The Kier molecular flexibility index (Phi) is 5.03. The molecule has 2 spiro atoms. The molecule has 2 nitrogen and oxygen atoms in total. The van der Waals surface area contributed by atoms with E-state index in [1.807, 2.05) is 6.92 Å². The van der Waals surface area contributed by atoms with Gasteiger partial charge in [0, 0.05) is 11.8 Å². The smallest absolute Gasteiger partial charge is 0.138 e. The van der Waals surface area contributed by atoms with Crippen LogP contribution in [0.25, 0.3) is 0 Å². The largest absolute Gasteiger partial charge is 0.389 e. The summed E-state index contributed by atoms with van der Waals surface area (Å²) in [6, 6.07) is 0. The first kappa shape index (κ1) is 23.1. The molecule has 1 unspecified atom stereocenters. The number of ketones is 1. The van der Waals surface area contributed by atoms with Crippen molar-refractivity contribution in [2.24, 2.45) is 50.7 Å². The van der Waals surface area contributed by atoms with Gasteiger partial charge in [0.15, 0.2) is 0 Å². The van der Waals surface area contributed by atoms with E-state index in [-0.39, 0.29) is 11.5 Å². The SMILES string of the molecule is C=C(C)C(O)CC[C@@H](C)[C@H]1CC[C@@]2(C)[C@@H]3CC[C@H]4C(C)(C)C(=O)CC[C@@]45C[C@@]35CC[C@]12C. The highest BCUT2D eigenvalue weighted by molar-refractivity contribution is 5.86. The summed E-state index contributed by atoms with van der Waals surface area (Å²) < 4.78 is 0. The van der Waals surface area contributed by atoms with Crippen LogP contribution in [0.4, 0.5) is 0 Å². The standard InChI is InChI=1S/C30H48O2/c1-19(2)22(31)9-8-20(3)21-12-14-28(7)24-11-10-23-26(4,5)25(32)13-15-29(23)18-30(24,29)17-16-27(21,28)6/h20-24,31H,1,8-18H2,2-7H3/t20-,21-,22?,23+,24+,27-,28+,29-,30+/m1/s1. The third-order valence-corrected chi connectivity index (χ3v) is 13.1. The Hall–Kier alpha value is -0.630. The molecule has 32 heavy (non-hydrogen) atoms. The second-order valence-corrected chi connectivity index (χ2v) is 14.2. The van der Waals surface area contributed by atoms with E-state index in [0.29, 0.717) is 39.3 Å². The predicted octanol–water partition coefficient (Wildman–Crippen LogP) is 7.35. The zero-order valence-corrected chi connectivity index (χ0v) is 21.7. The van der Waals surface area contributed by atoms with Gasteiger partial charge in [-0.05, 0) is 116 Å². The Morgan fingerprint density at radius 1 is 0.969 bits per heavy atom. The van der Waals surface area contributed by atoms with E-state index in [4.69, 9.17) is 0 Å². The number of fused-ring (bicyclic) bond motifs is 2. The summed E-state index contributed by atoms with van der Waals surface area (Å²) >= 11 is 0. The van der Waals surface area contributed by atoms with Gasteiger partial charge in [-0.1, -0.05) is 46.8 Å². The Morgan fingerprint density at radius 2 is 1.62 bits per heavy atom. The molecule has 1 N–H and O–H groups in total. The van der Waals surface area contributed by atoms with E-state index >= 15 is 0 Å². The highest BCUT2D eigenvalue weighted by atomic mass is 16.3. The number of aliphatic hydroxyl groups is 1. The molecule has 0 amide bonds. The number of hydrogen-bond acceptors (Lipinski definition) is 2. The maximum atomic E-state index is 12.8. The molecule has 9 atom stereocenters. The fourth-order valence-electron chi connectivity index (χ4n) is 11.0. The lowest BCUT2D eigenvalue weighted by Gasteiger charge is -2.62. The van der Waals surface area contributed by atoms with Gasteiger partial charge in [0.05, 0.1) is 6.10 Å². The summed E-state index contributed by atoms with van der Waals surface area (Å²) in [5.74, 6) is 3.46. The number of Topliss-reactive ketones (excluding diaryl/α,β-unsaturated/α-hetero) is 1. The number of aliphatic hydroxyl groups excluding tert-OH is 1. The molecule has 0 radical (unpaired) electrons. The van der Waals surface area contributed by atoms with E-state index in [9.17, 15) is 9.90 Å². The summed E-state index contributed by atoms with van der Waals surface area (Å²) in [5.41, 5.74) is 2.68. The van der Waals surface area contributed by atoms with Crippen molar-refractivity contribution in [3.63, 3.8) is 0 Å². The van der Waals surface area contributed by atoms with Gasteiger partial charge < -0.3 is 5.11 Å². The molecule has 0 saturated heterocycles. The van der Waals surface area contributed by atoms with Crippen LogP contribution >= 0.6 is 0 Å². The molecule has 5 aliphatic rings. The Labute approximate surface area is 197 Å².